The third kappa shape index (κ3) is 5.10. The molecule has 0 bridgehead atoms. The topological polar surface area (TPSA) is 78.4 Å². The second-order valence-corrected chi connectivity index (χ2v) is 5.66. The molecule has 114 valence electrons. The maximum Gasteiger partial charge on any atom is 0.315 e. The maximum absolute atomic E-state index is 11.8. The highest BCUT2D eigenvalue weighted by atomic mass is 16.4. The van der Waals surface area contributed by atoms with Crippen molar-refractivity contribution in [3.8, 4) is 0 Å². The van der Waals surface area contributed by atoms with Crippen molar-refractivity contribution in [2.45, 2.75) is 50.6 Å². The molecule has 5 nitrogen and oxygen atoms in total. The number of carboxylic acids is 1. The Kier molecular flexibility index (Phi) is 5.20. The van der Waals surface area contributed by atoms with Crippen LogP contribution in [0.2, 0.25) is 0 Å². The van der Waals surface area contributed by atoms with E-state index >= 15 is 0 Å². The molecule has 1 saturated carbocycles. The fourth-order valence-electron chi connectivity index (χ4n) is 2.49. The summed E-state index contributed by atoms with van der Waals surface area (Å²) in [4.78, 5) is 22.3. The SMILES string of the molecule is CC(CCCC(=O)O)NC(=O)NC1CC1c1ccccc1. The number of carboxylic acid groups (broad SMARTS) is 1. The summed E-state index contributed by atoms with van der Waals surface area (Å²) in [5.41, 5.74) is 1.26. The van der Waals surface area contributed by atoms with E-state index in [1.54, 1.807) is 0 Å². The molecular formula is C16H22N2O3. The number of hydrogen-bond donors (Lipinski definition) is 3. The van der Waals surface area contributed by atoms with Gasteiger partial charge in [-0.15, -0.1) is 0 Å². The first-order valence-corrected chi connectivity index (χ1v) is 7.40. The first-order valence-electron chi connectivity index (χ1n) is 7.40. The van der Waals surface area contributed by atoms with Gasteiger partial charge in [0.15, 0.2) is 0 Å². The molecule has 0 radical (unpaired) electrons. The average molecular weight is 290 g/mol. The van der Waals surface area contributed by atoms with Gasteiger partial charge >= 0.3 is 12.0 Å². The van der Waals surface area contributed by atoms with E-state index in [0.717, 1.165) is 6.42 Å². The van der Waals surface area contributed by atoms with Gasteiger partial charge in [0.2, 0.25) is 0 Å². The summed E-state index contributed by atoms with van der Waals surface area (Å²) in [6.45, 7) is 1.89. The molecule has 0 saturated heterocycles. The summed E-state index contributed by atoms with van der Waals surface area (Å²) in [5.74, 6) is -0.380. The number of nitrogens with one attached hydrogen (secondary N) is 2. The molecule has 3 N–H and O–H groups in total. The predicted molar refractivity (Wildman–Crippen MR) is 80.2 cm³/mol. The minimum Gasteiger partial charge on any atom is -0.481 e. The van der Waals surface area contributed by atoms with Crippen LogP contribution in [-0.2, 0) is 4.79 Å². The zero-order valence-corrected chi connectivity index (χ0v) is 12.2. The molecule has 3 atom stereocenters. The van der Waals surface area contributed by atoms with Crippen LogP contribution in [0.4, 0.5) is 4.79 Å². The fraction of sp³-hybridized carbons (Fsp3) is 0.500. The highest BCUT2D eigenvalue weighted by Crippen LogP contribution is 2.40. The molecular weight excluding hydrogens is 268 g/mol. The van der Waals surface area contributed by atoms with Crippen LogP contribution in [0.5, 0.6) is 0 Å². The van der Waals surface area contributed by atoms with E-state index < -0.39 is 5.97 Å². The normalized spacial score (nSPS) is 21.4. The van der Waals surface area contributed by atoms with E-state index in [9.17, 15) is 9.59 Å². The summed E-state index contributed by atoms with van der Waals surface area (Å²) >= 11 is 0. The summed E-state index contributed by atoms with van der Waals surface area (Å²) in [6.07, 6.45) is 2.37. The molecule has 0 spiro atoms. The molecule has 0 aromatic heterocycles. The smallest absolute Gasteiger partial charge is 0.315 e. The standard InChI is InChI=1S/C16H22N2O3/c1-11(6-5-9-15(19)20)17-16(21)18-14-10-13(14)12-7-3-2-4-8-12/h2-4,7-8,11,13-14H,5-6,9-10H2,1H3,(H,19,20)(H2,17,18,21). The molecule has 21 heavy (non-hydrogen) atoms. The highest BCUT2D eigenvalue weighted by Gasteiger charge is 2.39. The van der Waals surface area contributed by atoms with E-state index in [1.165, 1.54) is 5.56 Å². The number of benzene rings is 1. The number of carbonyl (C=O) groups excluding carboxylic acids is 1. The van der Waals surface area contributed by atoms with Gasteiger partial charge in [-0.3, -0.25) is 4.79 Å². The van der Waals surface area contributed by atoms with Crippen LogP contribution >= 0.6 is 0 Å². The summed E-state index contributed by atoms with van der Waals surface area (Å²) in [5, 5.41) is 14.4. The van der Waals surface area contributed by atoms with E-state index in [-0.39, 0.29) is 24.5 Å². The van der Waals surface area contributed by atoms with Crippen LogP contribution in [-0.4, -0.2) is 29.2 Å². The molecule has 5 heteroatoms. The van der Waals surface area contributed by atoms with Gasteiger partial charge in [0, 0.05) is 24.4 Å². The van der Waals surface area contributed by atoms with Gasteiger partial charge in [-0.25, -0.2) is 4.79 Å². The quantitative estimate of drug-likeness (QED) is 0.722. The van der Waals surface area contributed by atoms with Crippen molar-refractivity contribution >= 4 is 12.0 Å². The van der Waals surface area contributed by atoms with Gasteiger partial charge < -0.3 is 15.7 Å². The second-order valence-electron chi connectivity index (χ2n) is 5.66. The molecule has 2 rings (SSSR count). The van der Waals surface area contributed by atoms with E-state index in [1.807, 2.05) is 25.1 Å². The third-order valence-electron chi connectivity index (χ3n) is 3.74. The van der Waals surface area contributed by atoms with Gasteiger partial charge in [0.1, 0.15) is 0 Å². The lowest BCUT2D eigenvalue weighted by atomic mass is 10.1. The van der Waals surface area contributed by atoms with Crippen LogP contribution in [0.3, 0.4) is 0 Å². The molecule has 1 aliphatic rings. The summed E-state index contributed by atoms with van der Waals surface area (Å²) in [6, 6.07) is 10.2. The van der Waals surface area contributed by atoms with E-state index in [2.05, 4.69) is 22.8 Å². The van der Waals surface area contributed by atoms with Crippen molar-refractivity contribution < 1.29 is 14.7 Å². The van der Waals surface area contributed by atoms with Gasteiger partial charge in [-0.2, -0.15) is 0 Å². The van der Waals surface area contributed by atoms with Crippen LogP contribution in [0.15, 0.2) is 30.3 Å². The maximum atomic E-state index is 11.8. The van der Waals surface area contributed by atoms with Gasteiger partial charge in [0.25, 0.3) is 0 Å². The zero-order valence-electron chi connectivity index (χ0n) is 12.2. The number of amides is 2. The van der Waals surface area contributed by atoms with Crippen LogP contribution in [0.25, 0.3) is 0 Å². The van der Waals surface area contributed by atoms with Crippen molar-refractivity contribution in [3.63, 3.8) is 0 Å². The number of carbonyl (C=O) groups is 2. The molecule has 2 amide bonds. The van der Waals surface area contributed by atoms with Gasteiger partial charge in [-0.1, -0.05) is 30.3 Å². The molecule has 1 fully saturated rings. The molecule has 1 aliphatic carbocycles. The Balaban J connectivity index is 1.65. The Hall–Kier alpha value is -2.04. The lowest BCUT2D eigenvalue weighted by Gasteiger charge is -2.14. The number of rotatable bonds is 7. The second kappa shape index (κ2) is 7.11. The minimum absolute atomic E-state index is 0.0155. The number of aliphatic carboxylic acids is 1. The molecule has 0 aliphatic heterocycles. The highest BCUT2D eigenvalue weighted by molar-refractivity contribution is 5.75. The van der Waals surface area contributed by atoms with Crippen molar-refractivity contribution in [3.05, 3.63) is 35.9 Å². The molecule has 0 heterocycles. The molecule has 3 unspecified atom stereocenters. The number of hydrogen-bond acceptors (Lipinski definition) is 2. The zero-order chi connectivity index (χ0) is 15.2. The largest absolute Gasteiger partial charge is 0.481 e. The first kappa shape index (κ1) is 15.4. The minimum atomic E-state index is -0.796. The fourth-order valence-corrected chi connectivity index (χ4v) is 2.49. The van der Waals surface area contributed by atoms with Crippen molar-refractivity contribution in [1.82, 2.24) is 10.6 Å². The Morgan fingerprint density at radius 2 is 2.05 bits per heavy atom. The van der Waals surface area contributed by atoms with Crippen molar-refractivity contribution in [2.24, 2.45) is 0 Å². The predicted octanol–water partition coefficient (Wildman–Crippen LogP) is 2.49. The summed E-state index contributed by atoms with van der Waals surface area (Å²) < 4.78 is 0. The van der Waals surface area contributed by atoms with Crippen LogP contribution in [0, 0.1) is 0 Å². The van der Waals surface area contributed by atoms with Gasteiger partial charge in [0.05, 0.1) is 0 Å². The van der Waals surface area contributed by atoms with Gasteiger partial charge in [-0.05, 0) is 31.7 Å². The Morgan fingerprint density at radius 3 is 2.71 bits per heavy atom. The van der Waals surface area contributed by atoms with E-state index in [0.29, 0.717) is 18.8 Å². The lowest BCUT2D eigenvalue weighted by Crippen LogP contribution is -2.42. The first-order chi connectivity index (χ1) is 10.1. The van der Waals surface area contributed by atoms with Crippen molar-refractivity contribution in [1.29, 1.82) is 0 Å². The summed E-state index contributed by atoms with van der Waals surface area (Å²) in [7, 11) is 0. The average Bonchev–Trinajstić information content (AvgIpc) is 3.18. The molecule has 1 aromatic carbocycles. The lowest BCUT2D eigenvalue weighted by molar-refractivity contribution is -0.137. The van der Waals surface area contributed by atoms with E-state index in [4.69, 9.17) is 5.11 Å². The van der Waals surface area contributed by atoms with Crippen molar-refractivity contribution in [2.75, 3.05) is 0 Å². The Labute approximate surface area is 124 Å². The van der Waals surface area contributed by atoms with Crippen LogP contribution in [0.1, 0.15) is 44.1 Å². The number of urea groups is 1. The third-order valence-corrected chi connectivity index (χ3v) is 3.74. The Bertz CT molecular complexity index is 490. The Morgan fingerprint density at radius 1 is 1.33 bits per heavy atom. The van der Waals surface area contributed by atoms with Crippen LogP contribution < -0.4 is 10.6 Å². The monoisotopic (exact) mass is 290 g/mol. The molecule has 1 aromatic rings.